The van der Waals surface area contributed by atoms with Crippen molar-refractivity contribution in [2.75, 3.05) is 0 Å². The fraction of sp³-hybridized carbons (Fsp3) is 0. The highest BCUT2D eigenvalue weighted by atomic mass is 16.7. The second-order valence-electron chi connectivity index (χ2n) is 3.53. The van der Waals surface area contributed by atoms with Gasteiger partial charge in [0.15, 0.2) is 5.03 Å². The van der Waals surface area contributed by atoms with E-state index in [1.165, 1.54) is 6.21 Å². The Bertz CT molecular complexity index is 667. The first kappa shape index (κ1) is 12.4. The highest BCUT2D eigenvalue weighted by Crippen LogP contribution is 2.10. The number of nitrogens with one attached hydrogen (secondary N) is 1. The van der Waals surface area contributed by atoms with Crippen LogP contribution in [0.15, 0.2) is 46.6 Å². The van der Waals surface area contributed by atoms with Gasteiger partial charge in [-0.15, -0.1) is 5.10 Å². The third-order valence-electron chi connectivity index (χ3n) is 2.18. The van der Waals surface area contributed by atoms with Crippen molar-refractivity contribution >= 4 is 23.1 Å². The zero-order chi connectivity index (χ0) is 13.7. The average molecular weight is 258 g/mol. The van der Waals surface area contributed by atoms with Gasteiger partial charge in [0.2, 0.25) is 0 Å². The Hall–Kier alpha value is -3.03. The first-order chi connectivity index (χ1) is 9.15. The average Bonchev–Trinajstić information content (AvgIpc) is 2.37. The van der Waals surface area contributed by atoms with Gasteiger partial charge < -0.3 is 5.73 Å². The van der Waals surface area contributed by atoms with Crippen molar-refractivity contribution in [3.05, 3.63) is 52.2 Å². The van der Waals surface area contributed by atoms with E-state index in [2.05, 4.69) is 15.2 Å². The van der Waals surface area contributed by atoms with E-state index in [0.29, 0.717) is 5.69 Å². The Balaban J connectivity index is 2.15. The van der Waals surface area contributed by atoms with E-state index < -0.39 is 11.0 Å². The van der Waals surface area contributed by atoms with Crippen LogP contribution in [-0.4, -0.2) is 22.2 Å². The van der Waals surface area contributed by atoms with Crippen molar-refractivity contribution in [2.45, 2.75) is 0 Å². The molecule has 0 atom stereocenters. The highest BCUT2D eigenvalue weighted by molar-refractivity contribution is 5.85. The number of rotatable bonds is 3. The molecule has 0 saturated carbocycles. The van der Waals surface area contributed by atoms with E-state index >= 15 is 0 Å². The molecule has 1 heterocycles. The summed E-state index contributed by atoms with van der Waals surface area (Å²) in [6.45, 7) is 0. The number of nitrogens with zero attached hydrogens (tertiary/aromatic N) is 4. The molecule has 19 heavy (non-hydrogen) atoms. The smallest absolute Gasteiger partial charge is 0.275 e. The third-order valence-corrected chi connectivity index (χ3v) is 2.18. The van der Waals surface area contributed by atoms with E-state index in [1.54, 1.807) is 11.5 Å². The number of hydrogen-bond donors (Lipinski definition) is 2. The molecule has 0 aliphatic carbocycles. The zero-order valence-electron chi connectivity index (χ0n) is 9.72. The lowest BCUT2D eigenvalue weighted by atomic mass is 10.2. The number of nitro groups is 1. The summed E-state index contributed by atoms with van der Waals surface area (Å²) >= 11 is 0. The van der Waals surface area contributed by atoms with Crippen LogP contribution < -0.4 is 11.2 Å². The maximum atomic E-state index is 10.1. The summed E-state index contributed by atoms with van der Waals surface area (Å²) in [5, 5.41) is 17.3. The quantitative estimate of drug-likeness (QED) is 0.363. The Morgan fingerprint density at radius 2 is 2.16 bits per heavy atom. The Kier molecular flexibility index (Phi) is 3.62. The maximum absolute atomic E-state index is 10.1. The van der Waals surface area contributed by atoms with Gasteiger partial charge in [-0.3, -0.25) is 0 Å². The summed E-state index contributed by atoms with van der Waals surface area (Å²) in [5.41, 5.74) is 8.27. The number of benzene rings is 1. The molecule has 2 rings (SSSR count). The topological polar surface area (TPSA) is 119 Å². The fourth-order valence-corrected chi connectivity index (χ4v) is 1.42. The summed E-state index contributed by atoms with van der Waals surface area (Å²) in [4.78, 5) is 14.4. The molecule has 8 heteroatoms. The summed E-state index contributed by atoms with van der Waals surface area (Å²) < 4.78 is 0. The lowest BCUT2D eigenvalue weighted by Gasteiger charge is -1.97. The SMILES string of the molecule is NC(=N/N=C\c1ccc2ccccc2n1)N[N+](=O)[O-]. The largest absolute Gasteiger partial charge is 0.364 e. The van der Waals surface area contributed by atoms with Gasteiger partial charge in [-0.2, -0.15) is 5.10 Å². The molecule has 0 amide bonds. The lowest BCUT2D eigenvalue weighted by molar-refractivity contribution is -0.525. The fourth-order valence-electron chi connectivity index (χ4n) is 1.42. The predicted octanol–water partition coefficient (Wildman–Crippen LogP) is 0.665. The van der Waals surface area contributed by atoms with Gasteiger partial charge in [-0.1, -0.05) is 29.7 Å². The van der Waals surface area contributed by atoms with E-state index in [0.717, 1.165) is 10.9 Å². The van der Waals surface area contributed by atoms with Crippen molar-refractivity contribution in [3.8, 4) is 0 Å². The summed E-state index contributed by atoms with van der Waals surface area (Å²) in [6, 6.07) is 11.3. The number of aromatic nitrogens is 1. The lowest BCUT2D eigenvalue weighted by Crippen LogP contribution is -2.35. The summed E-state index contributed by atoms with van der Waals surface area (Å²) in [7, 11) is 0. The first-order valence-corrected chi connectivity index (χ1v) is 5.28. The van der Waals surface area contributed by atoms with Crippen LogP contribution in [0.1, 0.15) is 5.69 Å². The predicted molar refractivity (Wildman–Crippen MR) is 71.1 cm³/mol. The molecular weight excluding hydrogens is 248 g/mol. The molecule has 0 saturated heterocycles. The van der Waals surface area contributed by atoms with Crippen molar-refractivity contribution in [1.29, 1.82) is 0 Å². The molecule has 0 bridgehead atoms. The molecule has 3 N–H and O–H groups in total. The normalized spacial score (nSPS) is 11.9. The second-order valence-corrected chi connectivity index (χ2v) is 3.53. The molecule has 96 valence electrons. The maximum Gasteiger partial charge on any atom is 0.275 e. The Morgan fingerprint density at radius 1 is 1.37 bits per heavy atom. The van der Waals surface area contributed by atoms with Crippen molar-refractivity contribution in [1.82, 2.24) is 10.4 Å². The minimum Gasteiger partial charge on any atom is -0.364 e. The third kappa shape index (κ3) is 3.46. The Labute approximate surface area is 107 Å². The molecule has 0 spiro atoms. The summed E-state index contributed by atoms with van der Waals surface area (Å²) in [5.74, 6) is -0.401. The molecule has 0 fully saturated rings. The van der Waals surface area contributed by atoms with Crippen LogP contribution in [0.2, 0.25) is 0 Å². The first-order valence-electron chi connectivity index (χ1n) is 5.28. The molecule has 1 aromatic heterocycles. The number of para-hydroxylation sites is 1. The van der Waals surface area contributed by atoms with Gasteiger partial charge in [0.05, 0.1) is 17.4 Å². The van der Waals surface area contributed by atoms with E-state index in [9.17, 15) is 10.1 Å². The monoisotopic (exact) mass is 258 g/mol. The van der Waals surface area contributed by atoms with Crippen LogP contribution in [-0.2, 0) is 0 Å². The van der Waals surface area contributed by atoms with Gasteiger partial charge in [0.25, 0.3) is 5.96 Å². The van der Waals surface area contributed by atoms with Crippen LogP contribution in [0.3, 0.4) is 0 Å². The van der Waals surface area contributed by atoms with Gasteiger partial charge in [-0.05, 0) is 12.1 Å². The van der Waals surface area contributed by atoms with Crippen LogP contribution in [0, 0.1) is 10.1 Å². The molecular formula is C11H10N6O2. The van der Waals surface area contributed by atoms with Crippen molar-refractivity contribution in [3.63, 3.8) is 0 Å². The van der Waals surface area contributed by atoms with Crippen LogP contribution in [0.5, 0.6) is 0 Å². The number of nitrogens with two attached hydrogens (primary N) is 1. The van der Waals surface area contributed by atoms with Crippen molar-refractivity contribution < 1.29 is 5.03 Å². The number of hydrazine groups is 1. The number of fused-ring (bicyclic) bond motifs is 1. The molecule has 1 aromatic carbocycles. The molecule has 0 aliphatic heterocycles. The molecule has 8 nitrogen and oxygen atoms in total. The minimum absolute atomic E-state index is 0.401. The standard InChI is InChI=1S/C11H10N6O2/c12-11(16-17(18)19)15-13-7-9-6-5-8-3-1-2-4-10(8)14-9/h1-7H,(H3,12,15,16)/b13-7-. The van der Waals surface area contributed by atoms with Crippen LogP contribution in [0.25, 0.3) is 10.9 Å². The Morgan fingerprint density at radius 3 is 2.95 bits per heavy atom. The van der Waals surface area contributed by atoms with Gasteiger partial charge in [-0.25, -0.2) is 15.1 Å². The van der Waals surface area contributed by atoms with Gasteiger partial charge >= 0.3 is 0 Å². The molecule has 0 aliphatic rings. The summed E-state index contributed by atoms with van der Waals surface area (Å²) in [6.07, 6.45) is 1.36. The van der Waals surface area contributed by atoms with E-state index in [4.69, 9.17) is 5.73 Å². The van der Waals surface area contributed by atoms with E-state index in [1.807, 2.05) is 30.3 Å². The number of guanidine groups is 1. The van der Waals surface area contributed by atoms with Crippen LogP contribution >= 0.6 is 0 Å². The highest BCUT2D eigenvalue weighted by Gasteiger charge is 1.97. The number of pyridine rings is 1. The van der Waals surface area contributed by atoms with Crippen LogP contribution in [0.4, 0.5) is 0 Å². The number of hydrogen-bond acceptors (Lipinski definition) is 5. The molecule has 0 unspecified atom stereocenters. The van der Waals surface area contributed by atoms with Gasteiger partial charge in [0, 0.05) is 5.39 Å². The molecule has 2 aromatic rings. The van der Waals surface area contributed by atoms with E-state index in [-0.39, 0.29) is 0 Å². The molecule has 0 radical (unpaired) electrons. The van der Waals surface area contributed by atoms with Crippen molar-refractivity contribution in [2.24, 2.45) is 15.9 Å². The zero-order valence-corrected chi connectivity index (χ0v) is 9.72. The second kappa shape index (κ2) is 5.54. The minimum atomic E-state index is -0.817. The van der Waals surface area contributed by atoms with Gasteiger partial charge in [0.1, 0.15) is 0 Å².